The van der Waals surface area contributed by atoms with Gasteiger partial charge >= 0.3 is 5.69 Å². The Balaban J connectivity index is 2.21. The van der Waals surface area contributed by atoms with Crippen LogP contribution >= 0.6 is 15.9 Å². The Morgan fingerprint density at radius 2 is 2.05 bits per heavy atom. The molecule has 0 spiro atoms. The number of nitro benzene ring substituents is 1. The summed E-state index contributed by atoms with van der Waals surface area (Å²) in [4.78, 5) is 10.6. The number of nitrogens with zero attached hydrogens (tertiary/aromatic N) is 1. The number of hydrogen-bond donors (Lipinski definition) is 0. The van der Waals surface area contributed by atoms with E-state index in [2.05, 4.69) is 15.9 Å². The van der Waals surface area contributed by atoms with Gasteiger partial charge < -0.3 is 4.74 Å². The van der Waals surface area contributed by atoms with E-state index < -0.39 is 10.7 Å². The van der Waals surface area contributed by atoms with Crippen LogP contribution in [-0.2, 0) is 13.0 Å². The van der Waals surface area contributed by atoms with Crippen molar-refractivity contribution >= 4 is 21.6 Å². The molecule has 0 amide bonds. The van der Waals surface area contributed by atoms with Gasteiger partial charge in [0.25, 0.3) is 0 Å². The summed E-state index contributed by atoms with van der Waals surface area (Å²) >= 11 is 3.17. The molecule has 6 heteroatoms. The fourth-order valence-corrected chi connectivity index (χ4v) is 2.17. The van der Waals surface area contributed by atoms with Gasteiger partial charge in [-0.15, -0.1) is 0 Å². The average Bonchev–Trinajstić information content (AvgIpc) is 2.46. The molecule has 21 heavy (non-hydrogen) atoms. The largest absolute Gasteiger partial charge is 0.482 e. The number of hydrogen-bond acceptors (Lipinski definition) is 3. The molecule has 0 N–H and O–H groups in total. The molecule has 110 valence electrons. The molecule has 2 aromatic carbocycles. The monoisotopic (exact) mass is 353 g/mol. The highest BCUT2D eigenvalue weighted by Gasteiger charge is 2.16. The fraction of sp³-hybridized carbons (Fsp3) is 0.200. The minimum atomic E-state index is -0.494. The molecule has 2 rings (SSSR count). The maximum Gasteiger partial charge on any atom is 0.311 e. The van der Waals surface area contributed by atoms with E-state index in [0.717, 1.165) is 5.56 Å². The van der Waals surface area contributed by atoms with E-state index in [1.807, 2.05) is 6.92 Å². The van der Waals surface area contributed by atoms with Crippen molar-refractivity contribution in [3.63, 3.8) is 0 Å². The van der Waals surface area contributed by atoms with Crippen LogP contribution in [0.1, 0.15) is 18.1 Å². The Bertz CT molecular complexity index is 676. The summed E-state index contributed by atoms with van der Waals surface area (Å²) in [5.74, 6) is -0.281. The van der Waals surface area contributed by atoms with E-state index in [-0.39, 0.29) is 18.0 Å². The molecule has 0 fully saturated rings. The zero-order chi connectivity index (χ0) is 15.4. The van der Waals surface area contributed by atoms with Crippen LogP contribution in [0.2, 0.25) is 0 Å². The second-order valence-electron chi connectivity index (χ2n) is 4.44. The van der Waals surface area contributed by atoms with Crippen molar-refractivity contribution in [2.45, 2.75) is 20.0 Å². The predicted octanol–water partition coefficient (Wildman–Crippen LogP) is 4.64. The van der Waals surface area contributed by atoms with E-state index in [4.69, 9.17) is 4.74 Å². The Morgan fingerprint density at radius 1 is 1.29 bits per heavy atom. The van der Waals surface area contributed by atoms with E-state index in [1.54, 1.807) is 24.3 Å². The highest BCUT2D eigenvalue weighted by atomic mass is 79.9. The Labute approximate surface area is 129 Å². The van der Waals surface area contributed by atoms with Crippen LogP contribution in [0.3, 0.4) is 0 Å². The second kappa shape index (κ2) is 6.67. The van der Waals surface area contributed by atoms with Gasteiger partial charge in [0.05, 0.1) is 4.92 Å². The molecule has 0 aromatic heterocycles. The first-order chi connectivity index (χ1) is 10.0. The summed E-state index contributed by atoms with van der Waals surface area (Å²) < 4.78 is 19.7. The van der Waals surface area contributed by atoms with Crippen LogP contribution in [-0.4, -0.2) is 4.92 Å². The van der Waals surface area contributed by atoms with Crippen LogP contribution in [0.15, 0.2) is 40.9 Å². The second-order valence-corrected chi connectivity index (χ2v) is 5.35. The zero-order valence-electron chi connectivity index (χ0n) is 11.3. The van der Waals surface area contributed by atoms with Gasteiger partial charge in [0.15, 0.2) is 5.75 Å². The minimum Gasteiger partial charge on any atom is -0.482 e. The molecule has 0 aliphatic heterocycles. The van der Waals surface area contributed by atoms with Crippen molar-refractivity contribution < 1.29 is 14.1 Å². The highest BCUT2D eigenvalue weighted by molar-refractivity contribution is 9.10. The molecule has 0 aliphatic rings. The molecule has 0 radical (unpaired) electrons. The molecule has 2 aromatic rings. The molecule has 0 aliphatic carbocycles. The van der Waals surface area contributed by atoms with Gasteiger partial charge in [-0.05, 0) is 30.2 Å². The van der Waals surface area contributed by atoms with E-state index >= 15 is 0 Å². The maximum atomic E-state index is 13.7. The molecule has 0 heterocycles. The molecule has 0 saturated carbocycles. The molecule has 0 bridgehead atoms. The normalized spacial score (nSPS) is 10.4. The smallest absolute Gasteiger partial charge is 0.311 e. The Hall–Kier alpha value is -1.95. The summed E-state index contributed by atoms with van der Waals surface area (Å²) in [6, 6.07) is 9.39. The number of benzene rings is 2. The molecular formula is C15H13BrFNO3. The number of halogens is 2. The summed E-state index contributed by atoms with van der Waals surface area (Å²) in [7, 11) is 0. The predicted molar refractivity (Wildman–Crippen MR) is 80.9 cm³/mol. The van der Waals surface area contributed by atoms with Crippen LogP contribution < -0.4 is 4.74 Å². The lowest BCUT2D eigenvalue weighted by Crippen LogP contribution is -2.01. The van der Waals surface area contributed by atoms with Crippen LogP contribution in [0.25, 0.3) is 0 Å². The third-order valence-corrected chi connectivity index (χ3v) is 3.52. The number of nitro groups is 1. The lowest BCUT2D eigenvalue weighted by atomic mass is 10.1. The van der Waals surface area contributed by atoms with Crippen molar-refractivity contribution in [3.8, 4) is 5.75 Å². The third kappa shape index (κ3) is 3.78. The first-order valence-electron chi connectivity index (χ1n) is 6.35. The Morgan fingerprint density at radius 3 is 2.67 bits per heavy atom. The zero-order valence-corrected chi connectivity index (χ0v) is 12.9. The third-order valence-electron chi connectivity index (χ3n) is 3.03. The summed E-state index contributed by atoms with van der Waals surface area (Å²) in [6.07, 6.45) is 0.697. The first-order valence-corrected chi connectivity index (χ1v) is 7.14. The standard InChI is InChI=1S/C15H13BrFNO3/c1-2-10-3-6-15(14(7-10)18(19)20)21-9-11-4-5-12(16)8-13(11)17/h3-8H,2,9H2,1H3. The molecule has 0 atom stereocenters. The van der Waals surface area contributed by atoms with Gasteiger partial charge in [0, 0.05) is 16.1 Å². The quantitative estimate of drug-likeness (QED) is 0.581. The van der Waals surface area contributed by atoms with Gasteiger partial charge in [0.2, 0.25) is 0 Å². The lowest BCUT2D eigenvalue weighted by molar-refractivity contribution is -0.386. The van der Waals surface area contributed by atoms with Gasteiger partial charge in [-0.25, -0.2) is 4.39 Å². The summed E-state index contributed by atoms with van der Waals surface area (Å²) in [5, 5.41) is 11.1. The molecular weight excluding hydrogens is 341 g/mol. The van der Waals surface area contributed by atoms with Crippen molar-refractivity contribution in [2.24, 2.45) is 0 Å². The molecule has 4 nitrogen and oxygen atoms in total. The minimum absolute atomic E-state index is 0.0641. The first kappa shape index (κ1) is 15.4. The number of aryl methyl sites for hydroxylation is 1. The van der Waals surface area contributed by atoms with Crippen LogP contribution in [0.5, 0.6) is 5.75 Å². The number of rotatable bonds is 5. The van der Waals surface area contributed by atoms with Crippen molar-refractivity contribution in [3.05, 3.63) is 67.9 Å². The van der Waals surface area contributed by atoms with Gasteiger partial charge in [-0.3, -0.25) is 10.1 Å². The van der Waals surface area contributed by atoms with E-state index in [1.165, 1.54) is 12.1 Å². The van der Waals surface area contributed by atoms with Crippen molar-refractivity contribution in [1.82, 2.24) is 0 Å². The molecule has 0 saturated heterocycles. The van der Waals surface area contributed by atoms with E-state index in [0.29, 0.717) is 16.5 Å². The van der Waals surface area contributed by atoms with Crippen molar-refractivity contribution in [1.29, 1.82) is 0 Å². The highest BCUT2D eigenvalue weighted by Crippen LogP contribution is 2.29. The number of ether oxygens (including phenoxy) is 1. The lowest BCUT2D eigenvalue weighted by Gasteiger charge is -2.09. The van der Waals surface area contributed by atoms with E-state index in [9.17, 15) is 14.5 Å². The molecule has 0 unspecified atom stereocenters. The Kier molecular flexibility index (Phi) is 4.90. The van der Waals surface area contributed by atoms with Crippen LogP contribution in [0.4, 0.5) is 10.1 Å². The fourth-order valence-electron chi connectivity index (χ4n) is 1.84. The van der Waals surface area contributed by atoms with Crippen LogP contribution in [0, 0.1) is 15.9 Å². The van der Waals surface area contributed by atoms with Crippen molar-refractivity contribution in [2.75, 3.05) is 0 Å². The van der Waals surface area contributed by atoms with Gasteiger partial charge in [-0.2, -0.15) is 0 Å². The SMILES string of the molecule is CCc1ccc(OCc2ccc(Br)cc2F)c([N+](=O)[O-])c1. The van der Waals surface area contributed by atoms with Gasteiger partial charge in [0.1, 0.15) is 12.4 Å². The topological polar surface area (TPSA) is 52.4 Å². The summed E-state index contributed by atoms with van der Waals surface area (Å²) in [6.45, 7) is 1.85. The average molecular weight is 354 g/mol. The summed E-state index contributed by atoms with van der Waals surface area (Å²) in [5.41, 5.74) is 1.09. The maximum absolute atomic E-state index is 13.7. The van der Waals surface area contributed by atoms with Gasteiger partial charge in [-0.1, -0.05) is 35.0 Å².